The first-order valence-corrected chi connectivity index (χ1v) is 9.14. The van der Waals surface area contributed by atoms with Gasteiger partial charge in [0.05, 0.1) is 17.3 Å². The second-order valence-electron chi connectivity index (χ2n) is 7.16. The molecule has 3 heterocycles. The van der Waals surface area contributed by atoms with E-state index < -0.39 is 18.0 Å². The molecule has 1 unspecified atom stereocenters. The normalized spacial score (nSPS) is 17.2. The minimum Gasteiger partial charge on any atom is -0.375 e. The van der Waals surface area contributed by atoms with Crippen LogP contribution in [0.3, 0.4) is 0 Å². The van der Waals surface area contributed by atoms with Crippen molar-refractivity contribution < 1.29 is 18.3 Å². The highest BCUT2D eigenvalue weighted by Gasteiger charge is 2.32. The molecule has 1 aliphatic heterocycles. The third-order valence-corrected chi connectivity index (χ3v) is 5.40. The Bertz CT molecular complexity index is 958. The molecule has 0 spiro atoms. The van der Waals surface area contributed by atoms with Gasteiger partial charge in [-0.15, -0.1) is 0 Å². The van der Waals surface area contributed by atoms with Crippen molar-refractivity contribution in [2.75, 3.05) is 18.0 Å². The van der Waals surface area contributed by atoms with E-state index in [-0.39, 0.29) is 0 Å². The van der Waals surface area contributed by atoms with E-state index in [1.165, 1.54) is 12.3 Å². The zero-order valence-electron chi connectivity index (χ0n) is 15.1. The van der Waals surface area contributed by atoms with Crippen LogP contribution in [-0.4, -0.2) is 27.6 Å². The summed E-state index contributed by atoms with van der Waals surface area (Å²) < 4.78 is 41.5. The molecule has 0 radical (unpaired) electrons. The fraction of sp³-hybridized carbons (Fsp3) is 0.350. The van der Waals surface area contributed by atoms with Gasteiger partial charge in [0.2, 0.25) is 0 Å². The topological polar surface area (TPSA) is 66.8 Å². The van der Waals surface area contributed by atoms with E-state index in [0.29, 0.717) is 35.9 Å². The van der Waals surface area contributed by atoms with Gasteiger partial charge in [-0.3, -0.25) is 4.40 Å². The number of benzene rings is 1. The van der Waals surface area contributed by atoms with E-state index >= 15 is 0 Å². The summed E-state index contributed by atoms with van der Waals surface area (Å²) in [5, 5.41) is 9.42. The molecule has 4 rings (SSSR count). The van der Waals surface area contributed by atoms with Crippen LogP contribution < -0.4 is 10.6 Å². The van der Waals surface area contributed by atoms with Gasteiger partial charge < -0.3 is 15.7 Å². The van der Waals surface area contributed by atoms with Crippen LogP contribution in [-0.2, 0) is 6.18 Å². The zero-order chi connectivity index (χ0) is 19.9. The van der Waals surface area contributed by atoms with E-state index in [0.717, 1.165) is 24.5 Å². The minimum atomic E-state index is -4.39. The number of aliphatic hydroxyl groups is 1. The molecule has 0 bridgehead atoms. The Morgan fingerprint density at radius 2 is 1.79 bits per heavy atom. The van der Waals surface area contributed by atoms with Crippen LogP contribution in [0.1, 0.15) is 41.7 Å². The van der Waals surface area contributed by atoms with Crippen molar-refractivity contribution in [1.82, 2.24) is 9.38 Å². The third kappa shape index (κ3) is 3.57. The van der Waals surface area contributed by atoms with E-state index in [1.807, 2.05) is 29.2 Å². The number of alkyl halides is 3. The quantitative estimate of drug-likeness (QED) is 0.670. The van der Waals surface area contributed by atoms with Crippen molar-refractivity contribution in [2.24, 2.45) is 5.73 Å². The molecule has 0 amide bonds. The zero-order valence-corrected chi connectivity index (χ0v) is 15.1. The number of nitrogens with two attached hydrogens (primary N) is 1. The highest BCUT2D eigenvalue weighted by atomic mass is 19.4. The average Bonchev–Trinajstić information content (AvgIpc) is 3.15. The van der Waals surface area contributed by atoms with Gasteiger partial charge in [-0.25, -0.2) is 4.98 Å². The van der Waals surface area contributed by atoms with Gasteiger partial charge in [0.15, 0.2) is 0 Å². The van der Waals surface area contributed by atoms with Crippen LogP contribution in [0.25, 0.3) is 5.52 Å². The van der Waals surface area contributed by atoms with E-state index in [1.54, 1.807) is 10.7 Å². The largest absolute Gasteiger partial charge is 0.416 e. The maximum atomic E-state index is 13.3. The summed E-state index contributed by atoms with van der Waals surface area (Å²) in [7, 11) is 0. The van der Waals surface area contributed by atoms with Gasteiger partial charge >= 0.3 is 6.18 Å². The Morgan fingerprint density at radius 1 is 1.11 bits per heavy atom. The Labute approximate surface area is 160 Å². The molecule has 3 N–H and O–H groups in total. The van der Waals surface area contributed by atoms with Crippen molar-refractivity contribution in [3.63, 3.8) is 0 Å². The van der Waals surface area contributed by atoms with Crippen molar-refractivity contribution in [3.8, 4) is 0 Å². The number of hydrogen-bond acceptors (Lipinski definition) is 4. The Kier molecular flexibility index (Phi) is 4.76. The van der Waals surface area contributed by atoms with Crippen molar-refractivity contribution in [3.05, 3.63) is 65.6 Å². The molecule has 8 heteroatoms. The van der Waals surface area contributed by atoms with Crippen LogP contribution in [0.4, 0.5) is 19.0 Å². The minimum absolute atomic E-state index is 0.323. The van der Waals surface area contributed by atoms with Crippen molar-refractivity contribution >= 4 is 11.3 Å². The van der Waals surface area contributed by atoms with Gasteiger partial charge in [-0.1, -0.05) is 24.3 Å². The Hall–Kier alpha value is -2.58. The molecule has 1 saturated heterocycles. The number of piperidine rings is 1. The fourth-order valence-electron chi connectivity index (χ4n) is 3.83. The molecule has 0 saturated carbocycles. The number of aliphatic hydroxyl groups excluding tert-OH is 1. The lowest BCUT2D eigenvalue weighted by molar-refractivity contribution is -0.137. The standard InChI is InChI=1S/C20H21F3N4O/c21-20(22,23)16-9-17-11-25-12-27(17)18(10-16)26-7-5-14(6-8-26)13-1-3-15(4-2-13)19(24)28/h1-4,9-12,14,19,28H,5-8,24H2. The number of hydrogen-bond donors (Lipinski definition) is 2. The molecular weight excluding hydrogens is 369 g/mol. The molecule has 0 aliphatic carbocycles. The van der Waals surface area contributed by atoms with Gasteiger partial charge in [0.25, 0.3) is 0 Å². The lowest BCUT2D eigenvalue weighted by Crippen LogP contribution is -2.34. The predicted octanol–water partition coefficient (Wildman–Crippen LogP) is 3.69. The number of anilines is 1. The maximum Gasteiger partial charge on any atom is 0.416 e. The maximum absolute atomic E-state index is 13.3. The molecule has 1 aliphatic rings. The SMILES string of the molecule is NC(O)c1ccc(C2CCN(c3cc(C(F)(F)F)cc4cncn34)CC2)cc1. The lowest BCUT2D eigenvalue weighted by Gasteiger charge is -2.34. The number of fused-ring (bicyclic) bond motifs is 1. The summed E-state index contributed by atoms with van der Waals surface area (Å²) >= 11 is 0. The fourth-order valence-corrected chi connectivity index (χ4v) is 3.83. The monoisotopic (exact) mass is 390 g/mol. The molecule has 2 aromatic heterocycles. The van der Waals surface area contributed by atoms with Gasteiger partial charge in [0.1, 0.15) is 18.4 Å². The predicted molar refractivity (Wildman–Crippen MR) is 100.0 cm³/mol. The van der Waals surface area contributed by atoms with Crippen LogP contribution in [0.5, 0.6) is 0 Å². The summed E-state index contributed by atoms with van der Waals surface area (Å²) in [5.74, 6) is 0.840. The first-order chi connectivity index (χ1) is 13.3. The Balaban J connectivity index is 1.54. The van der Waals surface area contributed by atoms with E-state index in [9.17, 15) is 18.3 Å². The third-order valence-electron chi connectivity index (χ3n) is 5.40. The van der Waals surface area contributed by atoms with Crippen molar-refractivity contribution in [1.29, 1.82) is 0 Å². The van der Waals surface area contributed by atoms with Crippen LogP contribution in [0.2, 0.25) is 0 Å². The number of nitrogens with zero attached hydrogens (tertiary/aromatic N) is 3. The molecule has 1 aromatic carbocycles. The van der Waals surface area contributed by atoms with Crippen LogP contribution >= 0.6 is 0 Å². The Morgan fingerprint density at radius 3 is 2.39 bits per heavy atom. The first-order valence-electron chi connectivity index (χ1n) is 9.14. The number of halogens is 3. The summed E-state index contributed by atoms with van der Waals surface area (Å²) in [6.45, 7) is 1.31. The second kappa shape index (κ2) is 7.10. The van der Waals surface area contributed by atoms with E-state index in [2.05, 4.69) is 4.98 Å². The molecule has 3 aromatic rings. The smallest absolute Gasteiger partial charge is 0.375 e. The molecule has 1 atom stereocenters. The number of pyridine rings is 1. The highest BCUT2D eigenvalue weighted by Crippen LogP contribution is 2.35. The molecule has 28 heavy (non-hydrogen) atoms. The van der Waals surface area contributed by atoms with Crippen LogP contribution in [0, 0.1) is 0 Å². The van der Waals surface area contributed by atoms with Gasteiger partial charge in [-0.05, 0) is 42.0 Å². The molecule has 5 nitrogen and oxygen atoms in total. The average molecular weight is 390 g/mol. The molecule has 1 fully saturated rings. The summed E-state index contributed by atoms with van der Waals surface area (Å²) in [5.41, 5.74) is 7.05. The summed E-state index contributed by atoms with van der Waals surface area (Å²) in [4.78, 5) is 5.99. The van der Waals surface area contributed by atoms with Gasteiger partial charge in [0, 0.05) is 13.1 Å². The van der Waals surface area contributed by atoms with Gasteiger partial charge in [-0.2, -0.15) is 13.2 Å². The molecule has 148 valence electrons. The summed E-state index contributed by atoms with van der Waals surface area (Å²) in [6.07, 6.45) is -0.732. The first kappa shape index (κ1) is 18.8. The molecular formula is C20H21F3N4O. The second-order valence-corrected chi connectivity index (χ2v) is 7.16. The van der Waals surface area contributed by atoms with E-state index in [4.69, 9.17) is 5.73 Å². The van der Waals surface area contributed by atoms with Crippen LogP contribution in [0.15, 0.2) is 48.9 Å². The number of imidazole rings is 1. The number of rotatable bonds is 3. The summed E-state index contributed by atoms with van der Waals surface area (Å²) in [6, 6.07) is 9.87. The number of aromatic nitrogens is 2. The van der Waals surface area contributed by atoms with Crippen molar-refractivity contribution in [2.45, 2.75) is 31.2 Å². The lowest BCUT2D eigenvalue weighted by atomic mass is 9.89. The highest BCUT2D eigenvalue weighted by molar-refractivity contribution is 5.58.